The molecule has 0 bridgehead atoms. The third-order valence-electron chi connectivity index (χ3n) is 3.92. The number of ether oxygens (including phenoxy) is 2. The zero-order valence-corrected chi connectivity index (χ0v) is 18.2. The molecule has 26 heavy (non-hydrogen) atoms. The van der Waals surface area contributed by atoms with Crippen LogP contribution in [0.15, 0.2) is 29.5 Å². The number of aromatic nitrogens is 3. The Morgan fingerprint density at radius 2 is 2.08 bits per heavy atom. The number of benzene rings is 1. The highest BCUT2D eigenvalue weighted by Crippen LogP contribution is 2.25. The van der Waals surface area contributed by atoms with Crippen LogP contribution in [0.5, 0.6) is 11.5 Å². The summed E-state index contributed by atoms with van der Waals surface area (Å²) in [6.45, 7) is 4.10. The molecule has 8 nitrogen and oxygen atoms in total. The second-order valence-electron chi connectivity index (χ2n) is 5.47. The Balaban J connectivity index is 0.00000338. The summed E-state index contributed by atoms with van der Waals surface area (Å²) >= 11 is 0. The van der Waals surface area contributed by atoms with Crippen molar-refractivity contribution in [3.05, 3.63) is 35.9 Å². The zero-order chi connectivity index (χ0) is 18.2. The average Bonchev–Trinajstić information content (AvgIpc) is 3.10. The van der Waals surface area contributed by atoms with Crippen molar-refractivity contribution < 1.29 is 9.47 Å². The predicted molar refractivity (Wildman–Crippen MR) is 112 cm³/mol. The molecule has 0 unspecified atom stereocenters. The number of nitrogens with zero attached hydrogens (tertiary/aromatic N) is 5. The number of halogens is 1. The minimum Gasteiger partial charge on any atom is -0.497 e. The lowest BCUT2D eigenvalue weighted by Gasteiger charge is -2.23. The Morgan fingerprint density at radius 1 is 1.31 bits per heavy atom. The molecule has 144 valence electrons. The van der Waals surface area contributed by atoms with Gasteiger partial charge in [0.2, 0.25) is 0 Å². The van der Waals surface area contributed by atoms with Crippen LogP contribution < -0.4 is 14.8 Å². The summed E-state index contributed by atoms with van der Waals surface area (Å²) in [4.78, 5) is 6.36. The Morgan fingerprint density at radius 3 is 2.69 bits per heavy atom. The zero-order valence-electron chi connectivity index (χ0n) is 15.9. The van der Waals surface area contributed by atoms with Gasteiger partial charge < -0.3 is 24.3 Å². The van der Waals surface area contributed by atoms with Gasteiger partial charge in [0, 0.05) is 38.8 Å². The summed E-state index contributed by atoms with van der Waals surface area (Å²) in [5, 5.41) is 11.4. The molecular weight excluding hydrogens is 447 g/mol. The van der Waals surface area contributed by atoms with E-state index in [1.54, 1.807) is 27.6 Å². The van der Waals surface area contributed by atoms with E-state index in [1.165, 1.54) is 0 Å². The van der Waals surface area contributed by atoms with Crippen molar-refractivity contribution in [1.82, 2.24) is 25.0 Å². The minimum atomic E-state index is 0. The van der Waals surface area contributed by atoms with Gasteiger partial charge in [0.05, 0.1) is 20.8 Å². The van der Waals surface area contributed by atoms with Gasteiger partial charge in [-0.1, -0.05) is 0 Å². The van der Waals surface area contributed by atoms with Crippen LogP contribution in [-0.2, 0) is 19.6 Å². The lowest BCUT2D eigenvalue weighted by molar-refractivity contribution is 0.382. The molecule has 0 amide bonds. The minimum absolute atomic E-state index is 0. The molecule has 2 aromatic rings. The number of guanidine groups is 1. The molecule has 2 rings (SSSR count). The molecule has 0 atom stereocenters. The summed E-state index contributed by atoms with van der Waals surface area (Å²) in [5.41, 5.74) is 1.05. The molecule has 1 heterocycles. The third-order valence-corrected chi connectivity index (χ3v) is 3.92. The highest BCUT2D eigenvalue weighted by atomic mass is 127. The van der Waals surface area contributed by atoms with E-state index in [9.17, 15) is 0 Å². The van der Waals surface area contributed by atoms with Crippen molar-refractivity contribution in [1.29, 1.82) is 0 Å². The maximum absolute atomic E-state index is 5.46. The van der Waals surface area contributed by atoms with Crippen molar-refractivity contribution in [2.75, 3.05) is 28.3 Å². The predicted octanol–water partition coefficient (Wildman–Crippen LogP) is 2.14. The number of hydrogen-bond donors (Lipinski definition) is 1. The summed E-state index contributed by atoms with van der Waals surface area (Å²) in [6, 6.07) is 5.80. The number of hydrogen-bond acceptors (Lipinski definition) is 5. The second-order valence-corrected chi connectivity index (χ2v) is 5.47. The first kappa shape index (κ1) is 22.0. The first-order valence-electron chi connectivity index (χ1n) is 8.12. The lowest BCUT2D eigenvalue weighted by Crippen LogP contribution is -2.38. The summed E-state index contributed by atoms with van der Waals surface area (Å²) in [6.07, 6.45) is 1.73. The standard InChI is InChI=1S/C17H26N6O2.HI/c1-6-23-12-20-21-16(23)10-19-17(18-2)22(3)11-13-7-8-14(24-4)9-15(13)25-5;/h7-9,12H,6,10-11H2,1-5H3,(H,18,19);1H. The van der Waals surface area contributed by atoms with Crippen LogP contribution in [0.2, 0.25) is 0 Å². The molecule has 1 N–H and O–H groups in total. The Bertz CT molecular complexity index is 719. The molecule has 0 aliphatic carbocycles. The number of aryl methyl sites for hydroxylation is 1. The third kappa shape index (κ3) is 5.48. The van der Waals surface area contributed by atoms with Gasteiger partial charge >= 0.3 is 0 Å². The molecule has 1 aromatic heterocycles. The first-order chi connectivity index (χ1) is 12.1. The number of aliphatic imine (C=N–C) groups is 1. The number of nitrogens with one attached hydrogen (secondary N) is 1. The molecule has 0 fully saturated rings. The topological polar surface area (TPSA) is 76.8 Å². The molecule has 0 spiro atoms. The summed E-state index contributed by atoms with van der Waals surface area (Å²) in [5.74, 6) is 3.19. The Labute approximate surface area is 171 Å². The van der Waals surface area contributed by atoms with Crippen molar-refractivity contribution in [3.8, 4) is 11.5 Å². The van der Waals surface area contributed by atoms with Crippen LogP contribution in [-0.4, -0.2) is 53.9 Å². The van der Waals surface area contributed by atoms with Crippen LogP contribution in [0, 0.1) is 0 Å². The van der Waals surface area contributed by atoms with Gasteiger partial charge in [-0.15, -0.1) is 34.2 Å². The van der Waals surface area contributed by atoms with Gasteiger partial charge in [0.15, 0.2) is 11.8 Å². The van der Waals surface area contributed by atoms with Crippen molar-refractivity contribution >= 4 is 29.9 Å². The van der Waals surface area contributed by atoms with E-state index < -0.39 is 0 Å². The second kappa shape index (κ2) is 10.8. The monoisotopic (exact) mass is 474 g/mol. The molecule has 0 aliphatic heterocycles. The number of methoxy groups -OCH3 is 2. The fourth-order valence-electron chi connectivity index (χ4n) is 2.54. The Kier molecular flexibility index (Phi) is 9.17. The average molecular weight is 474 g/mol. The van der Waals surface area contributed by atoms with Gasteiger partial charge in [-0.25, -0.2) is 0 Å². The van der Waals surface area contributed by atoms with Crippen LogP contribution in [0.1, 0.15) is 18.3 Å². The summed E-state index contributed by atoms with van der Waals surface area (Å²) in [7, 11) is 7.03. The molecule has 0 aliphatic rings. The van der Waals surface area contributed by atoms with E-state index in [0.717, 1.165) is 35.4 Å². The van der Waals surface area contributed by atoms with E-state index in [1.807, 2.05) is 34.7 Å². The summed E-state index contributed by atoms with van der Waals surface area (Å²) < 4.78 is 12.7. The van der Waals surface area contributed by atoms with Gasteiger partial charge in [-0.3, -0.25) is 4.99 Å². The van der Waals surface area contributed by atoms with Crippen LogP contribution in [0.4, 0.5) is 0 Å². The molecule has 0 radical (unpaired) electrons. The van der Waals surface area contributed by atoms with E-state index in [2.05, 4.69) is 27.4 Å². The molecule has 0 saturated carbocycles. The molecule has 0 saturated heterocycles. The normalized spacial score (nSPS) is 10.9. The van der Waals surface area contributed by atoms with E-state index >= 15 is 0 Å². The van der Waals surface area contributed by atoms with Crippen molar-refractivity contribution in [2.45, 2.75) is 26.6 Å². The first-order valence-corrected chi connectivity index (χ1v) is 8.12. The van der Waals surface area contributed by atoms with Gasteiger partial charge in [0.1, 0.15) is 17.8 Å². The van der Waals surface area contributed by atoms with Crippen LogP contribution in [0.3, 0.4) is 0 Å². The van der Waals surface area contributed by atoms with Gasteiger partial charge in [-0.05, 0) is 19.1 Å². The maximum atomic E-state index is 5.46. The quantitative estimate of drug-likeness (QED) is 0.377. The fourth-order valence-corrected chi connectivity index (χ4v) is 2.54. The lowest BCUT2D eigenvalue weighted by atomic mass is 10.2. The highest BCUT2D eigenvalue weighted by Gasteiger charge is 2.12. The maximum Gasteiger partial charge on any atom is 0.194 e. The molecular formula is C17H27IN6O2. The molecule has 9 heteroatoms. The fraction of sp³-hybridized carbons (Fsp3) is 0.471. The van der Waals surface area contributed by atoms with Gasteiger partial charge in [-0.2, -0.15) is 0 Å². The highest BCUT2D eigenvalue weighted by molar-refractivity contribution is 14.0. The van der Waals surface area contributed by atoms with Crippen LogP contribution in [0.25, 0.3) is 0 Å². The van der Waals surface area contributed by atoms with Crippen molar-refractivity contribution in [3.63, 3.8) is 0 Å². The van der Waals surface area contributed by atoms with E-state index in [4.69, 9.17) is 9.47 Å². The largest absolute Gasteiger partial charge is 0.497 e. The van der Waals surface area contributed by atoms with E-state index in [-0.39, 0.29) is 24.0 Å². The number of rotatable bonds is 7. The van der Waals surface area contributed by atoms with Crippen molar-refractivity contribution in [2.24, 2.45) is 4.99 Å². The van der Waals surface area contributed by atoms with Gasteiger partial charge in [0.25, 0.3) is 0 Å². The van der Waals surface area contributed by atoms with Crippen LogP contribution >= 0.6 is 24.0 Å². The Hall–Kier alpha value is -2.04. The smallest absolute Gasteiger partial charge is 0.194 e. The SMILES string of the molecule is CCn1cnnc1CNC(=NC)N(C)Cc1ccc(OC)cc1OC.I. The molecule has 1 aromatic carbocycles. The van der Waals surface area contributed by atoms with E-state index in [0.29, 0.717) is 13.1 Å².